The van der Waals surface area contributed by atoms with Crippen LogP contribution in [0.25, 0.3) is 0 Å². The number of fused-ring (bicyclic) bond motifs is 1. The first-order valence-electron chi connectivity index (χ1n) is 8.86. The SMILES string of the molecule is CC(C)NC(=O)NS(=O)(=O)c1cnn2c1OCC(CNC(=O)OC(C)(C)C)C2. The van der Waals surface area contributed by atoms with Crippen LogP contribution in [0.5, 0.6) is 5.88 Å². The number of hydrogen-bond donors (Lipinski definition) is 3. The standard InChI is InChI=1S/C16H27N5O6S/c1-10(2)19-14(22)20-28(24,25)12-7-18-21-8-11(9-26-13(12)21)6-17-15(23)27-16(3,4)5/h7,10-11H,6,8-9H2,1-5H3,(H,17,23)(H2,19,20,22). The lowest BCUT2D eigenvalue weighted by Gasteiger charge is -2.26. The Labute approximate surface area is 164 Å². The van der Waals surface area contributed by atoms with E-state index in [0.29, 0.717) is 6.54 Å². The van der Waals surface area contributed by atoms with E-state index in [0.717, 1.165) is 6.20 Å². The fourth-order valence-electron chi connectivity index (χ4n) is 2.45. The van der Waals surface area contributed by atoms with Gasteiger partial charge in [-0.05, 0) is 34.6 Å². The van der Waals surface area contributed by atoms with E-state index in [2.05, 4.69) is 15.7 Å². The van der Waals surface area contributed by atoms with Gasteiger partial charge in [0, 0.05) is 18.5 Å². The quantitative estimate of drug-likeness (QED) is 0.644. The second-order valence-corrected chi connectivity index (χ2v) is 9.44. The van der Waals surface area contributed by atoms with E-state index in [4.69, 9.17) is 9.47 Å². The van der Waals surface area contributed by atoms with Crippen molar-refractivity contribution in [1.82, 2.24) is 25.1 Å². The number of alkyl carbamates (subject to hydrolysis) is 1. The van der Waals surface area contributed by atoms with Gasteiger partial charge in [-0.1, -0.05) is 0 Å². The number of ether oxygens (including phenoxy) is 2. The molecule has 0 aromatic carbocycles. The van der Waals surface area contributed by atoms with Crippen molar-refractivity contribution >= 4 is 22.1 Å². The van der Waals surface area contributed by atoms with Gasteiger partial charge in [-0.15, -0.1) is 0 Å². The molecule has 11 nitrogen and oxygen atoms in total. The second kappa shape index (κ2) is 8.25. The van der Waals surface area contributed by atoms with Crippen molar-refractivity contribution in [2.45, 2.75) is 57.7 Å². The molecule has 3 N–H and O–H groups in total. The van der Waals surface area contributed by atoms with Gasteiger partial charge >= 0.3 is 12.1 Å². The van der Waals surface area contributed by atoms with Crippen LogP contribution in [-0.4, -0.2) is 55.1 Å². The molecule has 2 heterocycles. The van der Waals surface area contributed by atoms with Gasteiger partial charge in [-0.25, -0.2) is 27.4 Å². The van der Waals surface area contributed by atoms with Crippen LogP contribution in [0, 0.1) is 5.92 Å². The van der Waals surface area contributed by atoms with Crippen molar-refractivity contribution in [3.05, 3.63) is 6.20 Å². The number of sulfonamides is 1. The normalized spacial score (nSPS) is 16.7. The number of carbonyl (C=O) groups excluding carboxylic acids is 2. The summed E-state index contributed by atoms with van der Waals surface area (Å²) < 4.78 is 38.9. The largest absolute Gasteiger partial charge is 0.476 e. The van der Waals surface area contributed by atoms with E-state index in [1.165, 1.54) is 4.68 Å². The summed E-state index contributed by atoms with van der Waals surface area (Å²) in [4.78, 5) is 23.2. The predicted octanol–water partition coefficient (Wildman–Crippen LogP) is 0.813. The van der Waals surface area contributed by atoms with E-state index in [9.17, 15) is 18.0 Å². The van der Waals surface area contributed by atoms with Crippen molar-refractivity contribution in [2.75, 3.05) is 13.2 Å². The van der Waals surface area contributed by atoms with E-state index < -0.39 is 27.7 Å². The summed E-state index contributed by atoms with van der Waals surface area (Å²) in [5.41, 5.74) is -0.597. The van der Waals surface area contributed by atoms with Crippen LogP contribution in [0.15, 0.2) is 11.1 Å². The van der Waals surface area contributed by atoms with Crippen LogP contribution in [0.4, 0.5) is 9.59 Å². The van der Waals surface area contributed by atoms with Crippen LogP contribution in [-0.2, 0) is 21.3 Å². The van der Waals surface area contributed by atoms with Gasteiger partial charge in [0.2, 0.25) is 5.88 Å². The molecule has 28 heavy (non-hydrogen) atoms. The lowest BCUT2D eigenvalue weighted by molar-refractivity contribution is 0.0502. The molecule has 2 rings (SSSR count). The first-order valence-corrected chi connectivity index (χ1v) is 10.3. The molecule has 158 valence electrons. The Balaban J connectivity index is 1.99. The Hall–Kier alpha value is -2.50. The summed E-state index contributed by atoms with van der Waals surface area (Å²) in [6.45, 7) is 9.54. The van der Waals surface area contributed by atoms with E-state index in [-0.39, 0.29) is 35.9 Å². The maximum Gasteiger partial charge on any atom is 0.407 e. The number of nitrogens with one attached hydrogen (secondary N) is 3. The first-order chi connectivity index (χ1) is 12.9. The first kappa shape index (κ1) is 21.8. The Morgan fingerprint density at radius 1 is 1.39 bits per heavy atom. The highest BCUT2D eigenvalue weighted by Crippen LogP contribution is 2.28. The summed E-state index contributed by atoms with van der Waals surface area (Å²) in [6, 6.07) is -1.05. The highest BCUT2D eigenvalue weighted by molar-refractivity contribution is 7.90. The fourth-order valence-corrected chi connectivity index (χ4v) is 3.44. The molecule has 12 heteroatoms. The zero-order valence-corrected chi connectivity index (χ0v) is 17.4. The number of urea groups is 1. The molecular formula is C16H27N5O6S. The van der Waals surface area contributed by atoms with Gasteiger partial charge < -0.3 is 20.1 Å². The number of amides is 3. The number of rotatable bonds is 5. The summed E-state index contributed by atoms with van der Waals surface area (Å²) >= 11 is 0. The smallest absolute Gasteiger partial charge is 0.407 e. The minimum absolute atomic E-state index is 0.0540. The van der Waals surface area contributed by atoms with E-state index >= 15 is 0 Å². The summed E-state index contributed by atoms with van der Waals surface area (Å²) in [5, 5.41) is 9.12. The Morgan fingerprint density at radius 2 is 2.07 bits per heavy atom. The van der Waals surface area contributed by atoms with Crippen LogP contribution in [0.3, 0.4) is 0 Å². The average molecular weight is 417 g/mol. The van der Waals surface area contributed by atoms with Crippen molar-refractivity contribution in [3.8, 4) is 5.88 Å². The molecule has 1 unspecified atom stereocenters. The monoisotopic (exact) mass is 417 g/mol. The topological polar surface area (TPSA) is 141 Å². The molecule has 0 aliphatic carbocycles. The number of aromatic nitrogens is 2. The molecule has 1 aliphatic rings. The second-order valence-electron chi connectivity index (χ2n) is 7.79. The molecule has 1 atom stereocenters. The van der Waals surface area contributed by atoms with Crippen LogP contribution >= 0.6 is 0 Å². The molecule has 0 radical (unpaired) electrons. The summed E-state index contributed by atoms with van der Waals surface area (Å²) in [7, 11) is -4.13. The molecule has 1 aliphatic heterocycles. The van der Waals surface area contributed by atoms with Crippen LogP contribution < -0.4 is 20.1 Å². The Morgan fingerprint density at radius 3 is 2.68 bits per heavy atom. The van der Waals surface area contributed by atoms with Crippen molar-refractivity contribution in [1.29, 1.82) is 0 Å². The molecule has 1 aromatic rings. The van der Waals surface area contributed by atoms with Gasteiger partial charge in [0.1, 0.15) is 5.60 Å². The third-order valence-electron chi connectivity index (χ3n) is 3.52. The van der Waals surface area contributed by atoms with Gasteiger partial charge in [0.05, 0.1) is 19.3 Å². The van der Waals surface area contributed by atoms with Gasteiger partial charge in [0.25, 0.3) is 10.0 Å². The van der Waals surface area contributed by atoms with Gasteiger partial charge in [0.15, 0.2) is 4.90 Å². The Kier molecular flexibility index (Phi) is 6.42. The average Bonchev–Trinajstić information content (AvgIpc) is 2.93. The van der Waals surface area contributed by atoms with Crippen molar-refractivity contribution < 1.29 is 27.5 Å². The van der Waals surface area contributed by atoms with E-state index in [1.807, 2.05) is 4.72 Å². The van der Waals surface area contributed by atoms with E-state index in [1.54, 1.807) is 34.6 Å². The summed E-state index contributed by atoms with van der Waals surface area (Å²) in [6.07, 6.45) is 0.590. The molecule has 1 aromatic heterocycles. The predicted molar refractivity (Wildman–Crippen MR) is 99.4 cm³/mol. The van der Waals surface area contributed by atoms with Gasteiger partial charge in [-0.3, -0.25) is 0 Å². The minimum atomic E-state index is -4.13. The highest BCUT2D eigenvalue weighted by atomic mass is 32.2. The molecule has 0 bridgehead atoms. The lowest BCUT2D eigenvalue weighted by Crippen LogP contribution is -2.42. The molecule has 0 spiro atoms. The van der Waals surface area contributed by atoms with Crippen LogP contribution in [0.1, 0.15) is 34.6 Å². The maximum absolute atomic E-state index is 12.4. The third-order valence-corrected chi connectivity index (χ3v) is 4.83. The molecule has 3 amide bonds. The number of nitrogens with zero attached hydrogens (tertiary/aromatic N) is 2. The van der Waals surface area contributed by atoms with Gasteiger partial charge in [-0.2, -0.15) is 5.10 Å². The fraction of sp³-hybridized carbons (Fsp3) is 0.688. The zero-order chi connectivity index (χ0) is 21.1. The zero-order valence-electron chi connectivity index (χ0n) is 16.6. The molecule has 0 fully saturated rings. The highest BCUT2D eigenvalue weighted by Gasteiger charge is 2.31. The molecule has 0 saturated heterocycles. The number of hydrogen-bond acceptors (Lipinski definition) is 7. The molecule has 0 saturated carbocycles. The third kappa shape index (κ3) is 6.01. The van der Waals surface area contributed by atoms with Crippen molar-refractivity contribution in [2.24, 2.45) is 5.92 Å². The molecular weight excluding hydrogens is 390 g/mol. The minimum Gasteiger partial charge on any atom is -0.476 e. The summed E-state index contributed by atoms with van der Waals surface area (Å²) in [5.74, 6) is -0.0639. The van der Waals surface area contributed by atoms with Crippen molar-refractivity contribution in [3.63, 3.8) is 0 Å². The maximum atomic E-state index is 12.4. The van der Waals surface area contributed by atoms with Crippen LogP contribution in [0.2, 0.25) is 0 Å². The number of carbonyl (C=O) groups is 2. The lowest BCUT2D eigenvalue weighted by atomic mass is 10.1. The Bertz CT molecular complexity index is 827.